The highest BCUT2D eigenvalue weighted by atomic mass is 16.2. The third kappa shape index (κ3) is 4.92. The lowest BCUT2D eigenvalue weighted by Crippen LogP contribution is -2.14. The molecule has 0 aliphatic rings. The van der Waals surface area contributed by atoms with Gasteiger partial charge in [-0.1, -0.05) is 18.2 Å². The highest BCUT2D eigenvalue weighted by Gasteiger charge is 2.09. The Bertz CT molecular complexity index is 951. The summed E-state index contributed by atoms with van der Waals surface area (Å²) in [4.78, 5) is 27.6. The molecule has 2 aromatic carbocycles. The monoisotopic (exact) mass is 360 g/mol. The average Bonchev–Trinajstić information content (AvgIpc) is 2.65. The van der Waals surface area contributed by atoms with E-state index in [1.807, 2.05) is 55.5 Å². The third-order valence-electron chi connectivity index (χ3n) is 3.89. The Morgan fingerprint density at radius 2 is 1.48 bits per heavy atom. The lowest BCUT2D eigenvalue weighted by molar-refractivity contribution is -0.114. The molecule has 0 radical (unpaired) electrons. The van der Waals surface area contributed by atoms with Crippen LogP contribution in [0.1, 0.15) is 22.8 Å². The van der Waals surface area contributed by atoms with Crippen molar-refractivity contribution in [2.24, 2.45) is 0 Å². The van der Waals surface area contributed by atoms with Gasteiger partial charge in [-0.3, -0.25) is 9.59 Å². The van der Waals surface area contributed by atoms with Crippen LogP contribution in [0.15, 0.2) is 66.9 Å². The van der Waals surface area contributed by atoms with Gasteiger partial charge in [0.15, 0.2) is 0 Å². The Labute approximate surface area is 157 Å². The summed E-state index contributed by atoms with van der Waals surface area (Å²) in [5, 5.41) is 8.74. The standard InChI is InChI=1S/C21H20N4O2/c1-14-5-3-4-6-19(14)21(27)25-20-12-11-18(13-22-20)24-17-9-7-16(8-10-17)23-15(2)26/h3-13,24H,1-2H3,(H,23,26)(H,22,25,27). The SMILES string of the molecule is CC(=O)Nc1ccc(Nc2ccc(NC(=O)c3ccccc3C)nc2)cc1. The van der Waals surface area contributed by atoms with Crippen molar-refractivity contribution < 1.29 is 9.59 Å². The first-order valence-corrected chi connectivity index (χ1v) is 8.49. The van der Waals surface area contributed by atoms with Gasteiger partial charge in [-0.2, -0.15) is 0 Å². The molecule has 0 aliphatic heterocycles. The number of hydrogen-bond donors (Lipinski definition) is 3. The smallest absolute Gasteiger partial charge is 0.257 e. The second kappa shape index (κ2) is 8.14. The number of hydrogen-bond acceptors (Lipinski definition) is 4. The molecule has 6 heteroatoms. The summed E-state index contributed by atoms with van der Waals surface area (Å²) in [5.41, 5.74) is 3.93. The number of carbonyl (C=O) groups is 2. The van der Waals surface area contributed by atoms with E-state index < -0.39 is 0 Å². The number of pyridine rings is 1. The van der Waals surface area contributed by atoms with Gasteiger partial charge < -0.3 is 16.0 Å². The fourth-order valence-corrected chi connectivity index (χ4v) is 2.56. The van der Waals surface area contributed by atoms with Gasteiger partial charge in [-0.05, 0) is 55.0 Å². The number of rotatable bonds is 5. The Balaban J connectivity index is 1.62. The first kappa shape index (κ1) is 18.1. The number of carbonyl (C=O) groups excluding carboxylic acids is 2. The Morgan fingerprint density at radius 3 is 2.11 bits per heavy atom. The molecular weight excluding hydrogens is 340 g/mol. The molecular formula is C21H20N4O2. The van der Waals surface area contributed by atoms with Crippen LogP contribution in [0.25, 0.3) is 0 Å². The maximum atomic E-state index is 12.3. The van der Waals surface area contributed by atoms with E-state index >= 15 is 0 Å². The number of nitrogens with one attached hydrogen (secondary N) is 3. The average molecular weight is 360 g/mol. The number of nitrogens with zero attached hydrogens (tertiary/aromatic N) is 1. The highest BCUT2D eigenvalue weighted by molar-refractivity contribution is 6.04. The molecule has 3 N–H and O–H groups in total. The van der Waals surface area contributed by atoms with E-state index in [1.165, 1.54) is 6.92 Å². The number of aromatic nitrogens is 1. The molecule has 0 aliphatic carbocycles. The molecule has 27 heavy (non-hydrogen) atoms. The quantitative estimate of drug-likeness (QED) is 0.632. The molecule has 0 unspecified atom stereocenters. The molecule has 3 rings (SSSR count). The molecule has 0 saturated heterocycles. The zero-order valence-corrected chi connectivity index (χ0v) is 15.1. The van der Waals surface area contributed by atoms with E-state index in [2.05, 4.69) is 20.9 Å². The van der Waals surface area contributed by atoms with Crippen molar-refractivity contribution in [2.45, 2.75) is 13.8 Å². The minimum absolute atomic E-state index is 0.108. The Hall–Kier alpha value is -3.67. The first-order chi connectivity index (χ1) is 13.0. The maximum absolute atomic E-state index is 12.3. The van der Waals surface area contributed by atoms with Gasteiger partial charge in [0.2, 0.25) is 5.91 Å². The molecule has 0 fully saturated rings. The molecule has 2 amide bonds. The zero-order chi connectivity index (χ0) is 19.2. The molecule has 1 aromatic heterocycles. The summed E-state index contributed by atoms with van der Waals surface area (Å²) in [6.07, 6.45) is 1.65. The minimum Gasteiger partial charge on any atom is -0.354 e. The topological polar surface area (TPSA) is 83.1 Å². The predicted molar refractivity (Wildman–Crippen MR) is 107 cm³/mol. The van der Waals surface area contributed by atoms with Crippen molar-refractivity contribution >= 4 is 34.7 Å². The highest BCUT2D eigenvalue weighted by Crippen LogP contribution is 2.19. The minimum atomic E-state index is -0.185. The van der Waals surface area contributed by atoms with Gasteiger partial charge in [-0.15, -0.1) is 0 Å². The Morgan fingerprint density at radius 1 is 0.815 bits per heavy atom. The molecule has 136 valence electrons. The van der Waals surface area contributed by atoms with Crippen molar-refractivity contribution in [1.29, 1.82) is 0 Å². The van der Waals surface area contributed by atoms with Crippen LogP contribution in [0.4, 0.5) is 22.9 Å². The lowest BCUT2D eigenvalue weighted by atomic mass is 10.1. The summed E-state index contributed by atoms with van der Waals surface area (Å²) in [6.45, 7) is 3.36. The van der Waals surface area contributed by atoms with Crippen LogP contribution in [0.5, 0.6) is 0 Å². The van der Waals surface area contributed by atoms with Crippen LogP contribution in [-0.2, 0) is 4.79 Å². The van der Waals surface area contributed by atoms with Gasteiger partial charge in [0, 0.05) is 23.9 Å². The summed E-state index contributed by atoms with van der Waals surface area (Å²) in [6, 6.07) is 18.3. The van der Waals surface area contributed by atoms with Crippen LogP contribution in [0.3, 0.4) is 0 Å². The summed E-state index contributed by atoms with van der Waals surface area (Å²) >= 11 is 0. The van der Waals surface area contributed by atoms with Crippen LogP contribution < -0.4 is 16.0 Å². The van der Waals surface area contributed by atoms with Crippen LogP contribution in [0.2, 0.25) is 0 Å². The third-order valence-corrected chi connectivity index (χ3v) is 3.89. The van der Waals surface area contributed by atoms with E-state index in [1.54, 1.807) is 18.3 Å². The van der Waals surface area contributed by atoms with Crippen LogP contribution >= 0.6 is 0 Å². The van der Waals surface area contributed by atoms with E-state index in [9.17, 15) is 9.59 Å². The summed E-state index contributed by atoms with van der Waals surface area (Å²) in [5.74, 6) is 0.188. The molecule has 3 aromatic rings. The lowest BCUT2D eigenvalue weighted by Gasteiger charge is -2.10. The van der Waals surface area contributed by atoms with E-state index in [0.717, 1.165) is 22.6 Å². The van der Waals surface area contributed by atoms with Crippen molar-refractivity contribution in [2.75, 3.05) is 16.0 Å². The molecule has 0 spiro atoms. The van der Waals surface area contributed by atoms with E-state index in [0.29, 0.717) is 11.4 Å². The van der Waals surface area contributed by atoms with Crippen LogP contribution in [0, 0.1) is 6.92 Å². The molecule has 6 nitrogen and oxygen atoms in total. The van der Waals surface area contributed by atoms with Gasteiger partial charge in [0.1, 0.15) is 5.82 Å². The summed E-state index contributed by atoms with van der Waals surface area (Å²) in [7, 11) is 0. The van der Waals surface area contributed by atoms with E-state index in [4.69, 9.17) is 0 Å². The maximum Gasteiger partial charge on any atom is 0.257 e. The summed E-state index contributed by atoms with van der Waals surface area (Å²) < 4.78 is 0. The van der Waals surface area contributed by atoms with Gasteiger partial charge in [0.05, 0.1) is 11.9 Å². The fraction of sp³-hybridized carbons (Fsp3) is 0.0952. The largest absolute Gasteiger partial charge is 0.354 e. The zero-order valence-electron chi connectivity index (χ0n) is 15.1. The molecule has 1 heterocycles. The molecule has 0 bridgehead atoms. The van der Waals surface area contributed by atoms with Gasteiger partial charge in [0.25, 0.3) is 5.91 Å². The Kier molecular flexibility index (Phi) is 5.47. The van der Waals surface area contributed by atoms with Crippen molar-refractivity contribution in [3.8, 4) is 0 Å². The second-order valence-corrected chi connectivity index (χ2v) is 6.08. The number of anilines is 4. The number of aryl methyl sites for hydroxylation is 1. The van der Waals surface area contributed by atoms with Crippen molar-refractivity contribution in [3.05, 3.63) is 78.0 Å². The number of benzene rings is 2. The first-order valence-electron chi connectivity index (χ1n) is 8.49. The van der Waals surface area contributed by atoms with Gasteiger partial charge in [-0.25, -0.2) is 4.98 Å². The predicted octanol–water partition coefficient (Wildman–Crippen LogP) is 4.34. The number of amides is 2. The molecule has 0 saturated carbocycles. The van der Waals surface area contributed by atoms with Gasteiger partial charge >= 0.3 is 0 Å². The van der Waals surface area contributed by atoms with Crippen LogP contribution in [-0.4, -0.2) is 16.8 Å². The second-order valence-electron chi connectivity index (χ2n) is 6.08. The van der Waals surface area contributed by atoms with Crippen molar-refractivity contribution in [1.82, 2.24) is 4.98 Å². The van der Waals surface area contributed by atoms with Crippen molar-refractivity contribution in [3.63, 3.8) is 0 Å². The van der Waals surface area contributed by atoms with E-state index in [-0.39, 0.29) is 11.8 Å². The molecule has 0 atom stereocenters. The normalized spacial score (nSPS) is 10.1. The fourth-order valence-electron chi connectivity index (χ4n) is 2.56.